The molecule has 0 bridgehead atoms. The van der Waals surface area contributed by atoms with Crippen molar-refractivity contribution < 1.29 is 0 Å². The first-order valence-electron chi connectivity index (χ1n) is 3.88. The summed E-state index contributed by atoms with van der Waals surface area (Å²) in [7, 11) is 0. The van der Waals surface area contributed by atoms with Crippen molar-refractivity contribution in [2.24, 2.45) is 0 Å². The third-order valence-electron chi connectivity index (χ3n) is 1.75. The van der Waals surface area contributed by atoms with Crippen molar-refractivity contribution in [2.75, 3.05) is 5.73 Å². The number of rotatable bonds is 2. The number of anilines is 1. The Balaban J connectivity index is 2.23. The molecule has 2 N–H and O–H groups in total. The zero-order valence-electron chi connectivity index (χ0n) is 7.08. The molecule has 0 atom stereocenters. The lowest BCUT2D eigenvalue weighted by Gasteiger charge is -2.00. The van der Waals surface area contributed by atoms with Gasteiger partial charge in [0.15, 0.2) is 0 Å². The molecule has 2 aromatic rings. The summed E-state index contributed by atoms with van der Waals surface area (Å²) in [5.41, 5.74) is 5.69. The number of thiophene rings is 1. The van der Waals surface area contributed by atoms with Crippen LogP contribution in [0.3, 0.4) is 0 Å². The van der Waals surface area contributed by atoms with E-state index in [1.54, 1.807) is 16.9 Å². The molecule has 0 fully saturated rings. The highest BCUT2D eigenvalue weighted by atomic mass is 79.9. The fourth-order valence-corrected chi connectivity index (χ4v) is 2.86. The maximum atomic E-state index is 5.92. The second-order valence-corrected chi connectivity index (χ2v) is 5.34. The number of nitrogens with two attached hydrogens (primary N) is 1. The van der Waals surface area contributed by atoms with E-state index < -0.39 is 0 Å². The second-order valence-electron chi connectivity index (χ2n) is 2.75. The van der Waals surface area contributed by atoms with Crippen molar-refractivity contribution in [2.45, 2.75) is 6.54 Å². The van der Waals surface area contributed by atoms with Gasteiger partial charge in [-0.25, -0.2) is 4.68 Å². The van der Waals surface area contributed by atoms with Crippen LogP contribution in [0.15, 0.2) is 22.8 Å². The predicted octanol–water partition coefficient (Wildman–Crippen LogP) is 2.99. The Bertz CT molecular complexity index is 432. The minimum absolute atomic E-state index is 0.658. The molecule has 2 heterocycles. The summed E-state index contributed by atoms with van der Waals surface area (Å²) in [5, 5.41) is 4.09. The van der Waals surface area contributed by atoms with E-state index in [-0.39, 0.29) is 0 Å². The molecule has 6 heteroatoms. The summed E-state index contributed by atoms with van der Waals surface area (Å²) in [4.78, 5) is 1.12. The average molecular weight is 293 g/mol. The van der Waals surface area contributed by atoms with Crippen LogP contribution in [0, 0.1) is 0 Å². The topological polar surface area (TPSA) is 43.8 Å². The Hall–Kier alpha value is -0.520. The fraction of sp³-hybridized carbons (Fsp3) is 0.125. The Labute approximate surface area is 98.6 Å². The van der Waals surface area contributed by atoms with Gasteiger partial charge in [0.2, 0.25) is 0 Å². The van der Waals surface area contributed by atoms with Gasteiger partial charge in [-0.2, -0.15) is 5.10 Å². The highest BCUT2D eigenvalue weighted by Crippen LogP contribution is 2.32. The van der Waals surface area contributed by atoms with Crippen molar-refractivity contribution in [3.05, 3.63) is 32.0 Å². The predicted molar refractivity (Wildman–Crippen MR) is 62.8 cm³/mol. The molecule has 0 aromatic carbocycles. The Morgan fingerprint density at radius 2 is 2.43 bits per heavy atom. The second kappa shape index (κ2) is 3.92. The van der Waals surface area contributed by atoms with E-state index in [2.05, 4.69) is 21.0 Å². The average Bonchev–Trinajstić information content (AvgIpc) is 2.63. The first-order valence-corrected chi connectivity index (χ1v) is 5.86. The summed E-state index contributed by atoms with van der Waals surface area (Å²) in [6.45, 7) is 0.662. The van der Waals surface area contributed by atoms with Crippen molar-refractivity contribution in [3.63, 3.8) is 0 Å². The minimum atomic E-state index is 0.658. The molecule has 0 saturated heterocycles. The van der Waals surface area contributed by atoms with E-state index in [1.807, 2.05) is 6.07 Å². The van der Waals surface area contributed by atoms with E-state index in [4.69, 9.17) is 17.3 Å². The molecule has 0 aliphatic rings. The van der Waals surface area contributed by atoms with E-state index in [0.717, 1.165) is 13.7 Å². The third kappa shape index (κ3) is 1.94. The van der Waals surface area contributed by atoms with Gasteiger partial charge in [-0.15, -0.1) is 11.3 Å². The summed E-state index contributed by atoms with van der Waals surface area (Å²) in [6.07, 6.45) is 1.68. The van der Waals surface area contributed by atoms with Gasteiger partial charge >= 0.3 is 0 Å². The standard InChI is InChI=1S/C8H7BrClN3S/c9-6-3-5(14-8(6)10)4-13-7(11)1-2-12-13/h1-3H,4,11H2. The van der Waals surface area contributed by atoms with Crippen molar-refractivity contribution >= 4 is 44.7 Å². The zero-order chi connectivity index (χ0) is 10.1. The van der Waals surface area contributed by atoms with E-state index in [1.165, 1.54) is 11.3 Å². The molecular formula is C8H7BrClN3S. The molecule has 0 unspecified atom stereocenters. The Kier molecular flexibility index (Phi) is 2.80. The molecule has 0 amide bonds. The van der Waals surface area contributed by atoms with Crippen LogP contribution in [0.5, 0.6) is 0 Å². The van der Waals surface area contributed by atoms with Gasteiger partial charge in [-0.05, 0) is 28.1 Å². The van der Waals surface area contributed by atoms with E-state index in [0.29, 0.717) is 12.4 Å². The number of hydrogen-bond acceptors (Lipinski definition) is 3. The smallest absolute Gasteiger partial charge is 0.122 e. The quantitative estimate of drug-likeness (QED) is 0.925. The van der Waals surface area contributed by atoms with Crippen LogP contribution in [-0.2, 0) is 6.54 Å². The van der Waals surface area contributed by atoms with E-state index in [9.17, 15) is 0 Å². The van der Waals surface area contributed by atoms with Gasteiger partial charge in [0, 0.05) is 9.35 Å². The SMILES string of the molecule is Nc1ccnn1Cc1cc(Br)c(Cl)s1. The minimum Gasteiger partial charge on any atom is -0.384 e. The molecule has 0 aliphatic carbocycles. The normalized spacial score (nSPS) is 10.7. The van der Waals surface area contributed by atoms with E-state index >= 15 is 0 Å². The van der Waals surface area contributed by atoms with Crippen LogP contribution in [0.1, 0.15) is 4.88 Å². The number of hydrogen-bond donors (Lipinski definition) is 1. The molecule has 0 saturated carbocycles. The largest absolute Gasteiger partial charge is 0.384 e. The number of halogens is 2. The summed E-state index contributed by atoms with van der Waals surface area (Å²) in [5.74, 6) is 0.658. The summed E-state index contributed by atoms with van der Waals surface area (Å²) >= 11 is 10.8. The van der Waals surface area contributed by atoms with Gasteiger partial charge in [0.25, 0.3) is 0 Å². The number of nitrogens with zero attached hydrogens (tertiary/aromatic N) is 2. The molecule has 2 rings (SSSR count). The van der Waals surface area contributed by atoms with Crippen LogP contribution in [0.2, 0.25) is 4.34 Å². The number of nitrogen functional groups attached to an aromatic ring is 1. The number of aromatic nitrogens is 2. The van der Waals surface area contributed by atoms with Crippen molar-refractivity contribution in [1.82, 2.24) is 9.78 Å². The van der Waals surface area contributed by atoms with Crippen LogP contribution in [0.4, 0.5) is 5.82 Å². The Morgan fingerprint density at radius 3 is 2.93 bits per heavy atom. The van der Waals surface area contributed by atoms with Crippen LogP contribution in [-0.4, -0.2) is 9.78 Å². The molecule has 3 nitrogen and oxygen atoms in total. The molecule has 0 spiro atoms. The maximum absolute atomic E-state index is 5.92. The fourth-order valence-electron chi connectivity index (χ4n) is 1.09. The molecular weight excluding hydrogens is 286 g/mol. The first kappa shape index (κ1) is 10.0. The van der Waals surface area contributed by atoms with Crippen LogP contribution >= 0.6 is 38.9 Å². The van der Waals surface area contributed by atoms with Gasteiger partial charge < -0.3 is 5.73 Å². The lowest BCUT2D eigenvalue weighted by atomic mass is 10.4. The summed E-state index contributed by atoms with van der Waals surface area (Å²) < 4.78 is 3.41. The molecule has 0 aliphatic heterocycles. The Morgan fingerprint density at radius 1 is 1.64 bits per heavy atom. The van der Waals surface area contributed by atoms with Crippen LogP contribution < -0.4 is 5.73 Å². The first-order chi connectivity index (χ1) is 6.66. The van der Waals surface area contributed by atoms with Gasteiger partial charge in [-0.1, -0.05) is 11.6 Å². The lowest BCUT2D eigenvalue weighted by Crippen LogP contribution is -2.04. The van der Waals surface area contributed by atoms with Crippen LogP contribution in [0.25, 0.3) is 0 Å². The summed E-state index contributed by atoms with van der Waals surface area (Å²) in [6, 6.07) is 3.75. The van der Waals surface area contributed by atoms with Crippen molar-refractivity contribution in [1.29, 1.82) is 0 Å². The lowest BCUT2D eigenvalue weighted by molar-refractivity contribution is 0.705. The zero-order valence-corrected chi connectivity index (χ0v) is 10.2. The molecule has 2 aromatic heterocycles. The van der Waals surface area contributed by atoms with Crippen molar-refractivity contribution in [3.8, 4) is 0 Å². The molecule has 14 heavy (non-hydrogen) atoms. The highest BCUT2D eigenvalue weighted by molar-refractivity contribution is 9.10. The third-order valence-corrected chi connectivity index (χ3v) is 4.21. The van der Waals surface area contributed by atoms with Gasteiger partial charge in [0.1, 0.15) is 10.2 Å². The molecule has 0 radical (unpaired) electrons. The highest BCUT2D eigenvalue weighted by Gasteiger charge is 2.06. The van der Waals surface area contributed by atoms with Gasteiger partial charge in [-0.3, -0.25) is 0 Å². The maximum Gasteiger partial charge on any atom is 0.122 e. The monoisotopic (exact) mass is 291 g/mol. The van der Waals surface area contributed by atoms with Gasteiger partial charge in [0.05, 0.1) is 12.7 Å². The molecule has 74 valence electrons.